The van der Waals surface area contributed by atoms with Crippen molar-refractivity contribution in [1.29, 1.82) is 0 Å². The van der Waals surface area contributed by atoms with E-state index in [-0.39, 0.29) is 11.3 Å². The predicted octanol–water partition coefficient (Wildman–Crippen LogP) is 5.42. The van der Waals surface area contributed by atoms with Gasteiger partial charge in [-0.05, 0) is 61.9 Å². The van der Waals surface area contributed by atoms with Crippen molar-refractivity contribution in [2.75, 3.05) is 11.9 Å². The molecule has 0 spiro atoms. The number of anilines is 1. The van der Waals surface area contributed by atoms with E-state index in [9.17, 15) is 9.59 Å². The van der Waals surface area contributed by atoms with E-state index in [0.717, 1.165) is 16.9 Å². The molecule has 0 atom stereocenters. The summed E-state index contributed by atoms with van der Waals surface area (Å²) in [6, 6.07) is 21.2. The average Bonchev–Trinajstić information content (AvgIpc) is 2.74. The number of hydrogen-bond acceptors (Lipinski definition) is 4. The smallest absolute Gasteiger partial charge is 0.255 e. The predicted molar refractivity (Wildman–Crippen MR) is 118 cm³/mol. The van der Waals surface area contributed by atoms with Gasteiger partial charge in [0.15, 0.2) is 5.43 Å². The number of carbonyl (C=O) groups excluding carboxylic acids is 1. The van der Waals surface area contributed by atoms with Crippen molar-refractivity contribution < 1.29 is 13.9 Å². The van der Waals surface area contributed by atoms with Crippen LogP contribution in [0.3, 0.4) is 0 Å². The van der Waals surface area contributed by atoms with Crippen LogP contribution in [0.15, 0.2) is 82.0 Å². The van der Waals surface area contributed by atoms with Crippen LogP contribution in [0, 0.1) is 6.92 Å². The van der Waals surface area contributed by atoms with Crippen LogP contribution in [0.1, 0.15) is 22.8 Å². The zero-order chi connectivity index (χ0) is 21.1. The molecule has 0 aliphatic carbocycles. The molecule has 5 heteroatoms. The van der Waals surface area contributed by atoms with Crippen molar-refractivity contribution in [2.45, 2.75) is 13.8 Å². The first-order valence-corrected chi connectivity index (χ1v) is 9.73. The molecule has 0 saturated heterocycles. The van der Waals surface area contributed by atoms with Crippen LogP contribution in [-0.4, -0.2) is 12.5 Å². The van der Waals surface area contributed by atoms with Crippen LogP contribution in [-0.2, 0) is 0 Å². The Morgan fingerprint density at radius 3 is 2.50 bits per heavy atom. The van der Waals surface area contributed by atoms with Gasteiger partial charge in [-0.3, -0.25) is 9.59 Å². The van der Waals surface area contributed by atoms with Crippen molar-refractivity contribution in [2.24, 2.45) is 0 Å². The number of amides is 1. The molecule has 4 rings (SSSR count). The van der Waals surface area contributed by atoms with Gasteiger partial charge in [0.25, 0.3) is 5.91 Å². The highest BCUT2D eigenvalue weighted by Gasteiger charge is 2.11. The average molecular weight is 399 g/mol. The SMILES string of the molecule is CCOc1ccc(-c2cc(=O)c3ccc(NC(=O)c4ccccc4C)cc3o2)cc1. The van der Waals surface area contributed by atoms with Gasteiger partial charge in [-0.2, -0.15) is 0 Å². The normalized spacial score (nSPS) is 10.7. The highest BCUT2D eigenvalue weighted by Crippen LogP contribution is 2.26. The highest BCUT2D eigenvalue weighted by molar-refractivity contribution is 6.05. The van der Waals surface area contributed by atoms with E-state index < -0.39 is 0 Å². The molecule has 5 nitrogen and oxygen atoms in total. The van der Waals surface area contributed by atoms with E-state index >= 15 is 0 Å². The Morgan fingerprint density at radius 1 is 1.00 bits per heavy atom. The van der Waals surface area contributed by atoms with Gasteiger partial charge in [0.2, 0.25) is 0 Å². The van der Waals surface area contributed by atoms with Crippen LogP contribution in [0.4, 0.5) is 5.69 Å². The molecular weight excluding hydrogens is 378 g/mol. The Bertz CT molecular complexity index is 1270. The summed E-state index contributed by atoms with van der Waals surface area (Å²) in [6.07, 6.45) is 0. The molecule has 30 heavy (non-hydrogen) atoms. The van der Waals surface area contributed by atoms with E-state index in [1.807, 2.05) is 56.3 Å². The van der Waals surface area contributed by atoms with Crippen molar-refractivity contribution in [1.82, 2.24) is 0 Å². The minimum atomic E-state index is -0.211. The third-order valence-electron chi connectivity index (χ3n) is 4.83. The summed E-state index contributed by atoms with van der Waals surface area (Å²) in [5.74, 6) is 1.00. The van der Waals surface area contributed by atoms with Gasteiger partial charge in [0.05, 0.1) is 12.0 Å². The highest BCUT2D eigenvalue weighted by atomic mass is 16.5. The van der Waals surface area contributed by atoms with Crippen LogP contribution >= 0.6 is 0 Å². The first-order valence-electron chi connectivity index (χ1n) is 9.73. The summed E-state index contributed by atoms with van der Waals surface area (Å²) in [6.45, 7) is 4.39. The number of fused-ring (bicyclic) bond motifs is 1. The lowest BCUT2D eigenvalue weighted by atomic mass is 10.1. The molecule has 0 aliphatic rings. The van der Waals surface area contributed by atoms with Crippen LogP contribution < -0.4 is 15.5 Å². The molecular formula is C25H21NO4. The largest absolute Gasteiger partial charge is 0.494 e. The lowest BCUT2D eigenvalue weighted by Gasteiger charge is -2.09. The third kappa shape index (κ3) is 3.96. The standard InChI is InChI=1S/C25H21NO4/c1-3-29-19-11-8-17(9-12-19)23-15-22(27)21-13-10-18(14-24(21)30-23)26-25(28)20-7-5-4-6-16(20)2/h4-15H,3H2,1-2H3,(H,26,28). The maximum atomic E-state index is 12.6. The molecule has 0 aliphatic heterocycles. The molecule has 1 aromatic heterocycles. The summed E-state index contributed by atoms with van der Waals surface area (Å²) >= 11 is 0. The number of rotatable bonds is 5. The Labute approximate surface area is 173 Å². The molecule has 3 aromatic carbocycles. The lowest BCUT2D eigenvalue weighted by Crippen LogP contribution is -2.13. The number of aryl methyl sites for hydroxylation is 1. The molecule has 0 bridgehead atoms. The number of benzene rings is 3. The molecule has 0 unspecified atom stereocenters. The second-order valence-electron chi connectivity index (χ2n) is 6.91. The van der Waals surface area contributed by atoms with E-state index in [4.69, 9.17) is 9.15 Å². The molecule has 0 saturated carbocycles. The number of ether oxygens (including phenoxy) is 1. The number of carbonyl (C=O) groups is 1. The Balaban J connectivity index is 1.67. The topological polar surface area (TPSA) is 68.5 Å². The maximum absolute atomic E-state index is 12.6. The van der Waals surface area contributed by atoms with Gasteiger partial charge in [-0.25, -0.2) is 0 Å². The van der Waals surface area contributed by atoms with E-state index in [2.05, 4.69) is 5.32 Å². The van der Waals surface area contributed by atoms with Gasteiger partial charge in [0, 0.05) is 28.9 Å². The Morgan fingerprint density at radius 2 is 1.77 bits per heavy atom. The van der Waals surface area contributed by atoms with E-state index in [0.29, 0.717) is 34.6 Å². The fraction of sp³-hybridized carbons (Fsp3) is 0.120. The van der Waals surface area contributed by atoms with Gasteiger partial charge >= 0.3 is 0 Å². The summed E-state index contributed by atoms with van der Waals surface area (Å²) in [5.41, 5.74) is 3.09. The molecule has 0 fully saturated rings. The number of nitrogens with one attached hydrogen (secondary N) is 1. The second-order valence-corrected chi connectivity index (χ2v) is 6.91. The Hall–Kier alpha value is -3.86. The summed E-state index contributed by atoms with van der Waals surface area (Å²) in [5, 5.41) is 3.33. The first kappa shape index (κ1) is 19.5. The molecule has 1 N–H and O–H groups in total. The molecule has 1 amide bonds. The molecule has 150 valence electrons. The van der Waals surface area contributed by atoms with Gasteiger partial charge in [-0.15, -0.1) is 0 Å². The lowest BCUT2D eigenvalue weighted by molar-refractivity contribution is 0.102. The quantitative estimate of drug-likeness (QED) is 0.487. The number of hydrogen-bond donors (Lipinski definition) is 1. The first-order chi connectivity index (χ1) is 14.5. The molecule has 4 aromatic rings. The fourth-order valence-electron chi connectivity index (χ4n) is 3.28. The third-order valence-corrected chi connectivity index (χ3v) is 4.83. The maximum Gasteiger partial charge on any atom is 0.255 e. The van der Waals surface area contributed by atoms with Gasteiger partial charge in [0.1, 0.15) is 17.1 Å². The van der Waals surface area contributed by atoms with Crippen LogP contribution in [0.25, 0.3) is 22.3 Å². The minimum absolute atomic E-state index is 0.142. The zero-order valence-corrected chi connectivity index (χ0v) is 16.8. The zero-order valence-electron chi connectivity index (χ0n) is 16.8. The van der Waals surface area contributed by atoms with Crippen molar-refractivity contribution in [3.8, 4) is 17.1 Å². The summed E-state index contributed by atoms with van der Waals surface area (Å²) in [4.78, 5) is 25.2. The molecule has 0 radical (unpaired) electrons. The van der Waals surface area contributed by atoms with Gasteiger partial charge < -0.3 is 14.5 Å². The van der Waals surface area contributed by atoms with Crippen molar-refractivity contribution >= 4 is 22.6 Å². The van der Waals surface area contributed by atoms with Crippen LogP contribution in [0.2, 0.25) is 0 Å². The van der Waals surface area contributed by atoms with Crippen LogP contribution in [0.5, 0.6) is 5.75 Å². The van der Waals surface area contributed by atoms with E-state index in [1.165, 1.54) is 6.07 Å². The van der Waals surface area contributed by atoms with Gasteiger partial charge in [-0.1, -0.05) is 18.2 Å². The second kappa shape index (κ2) is 8.25. The van der Waals surface area contributed by atoms with Crippen molar-refractivity contribution in [3.63, 3.8) is 0 Å². The Kier molecular flexibility index (Phi) is 5.35. The summed E-state index contributed by atoms with van der Waals surface area (Å²) in [7, 11) is 0. The monoisotopic (exact) mass is 399 g/mol. The minimum Gasteiger partial charge on any atom is -0.494 e. The molecule has 1 heterocycles. The van der Waals surface area contributed by atoms with E-state index in [1.54, 1.807) is 24.3 Å². The van der Waals surface area contributed by atoms with Crippen molar-refractivity contribution in [3.05, 3.63) is 94.1 Å². The summed E-state index contributed by atoms with van der Waals surface area (Å²) < 4.78 is 11.4. The fourth-order valence-corrected chi connectivity index (χ4v) is 3.28.